The summed E-state index contributed by atoms with van der Waals surface area (Å²) in [5.74, 6) is 1.04. The average molecular weight is 915 g/mol. The van der Waals surface area contributed by atoms with E-state index in [-0.39, 0.29) is 11.5 Å². The fraction of sp³-hybridized carbons (Fsp3) is 0.114. The lowest BCUT2D eigenvalue weighted by atomic mass is 9.70. The largest absolute Gasteiger partial charge is 0.484 e. The summed E-state index contributed by atoms with van der Waals surface area (Å²) in [6.07, 6.45) is 7.64. The van der Waals surface area contributed by atoms with Gasteiger partial charge >= 0.3 is 0 Å². The van der Waals surface area contributed by atoms with E-state index in [1.165, 1.54) is 116 Å². The third-order valence-corrected chi connectivity index (χ3v) is 14.6. The van der Waals surface area contributed by atoms with Gasteiger partial charge in [0.05, 0.1) is 5.41 Å². The van der Waals surface area contributed by atoms with Gasteiger partial charge in [-0.15, -0.1) is 0 Å². The van der Waals surface area contributed by atoms with Crippen LogP contribution in [0.15, 0.2) is 243 Å². The van der Waals surface area contributed by atoms with E-state index in [2.05, 4.69) is 263 Å². The summed E-state index contributed by atoms with van der Waals surface area (Å²) in [5.41, 5.74) is 24.9. The summed E-state index contributed by atoms with van der Waals surface area (Å²) < 4.78 is 6.21. The van der Waals surface area contributed by atoms with E-state index in [0.29, 0.717) is 0 Å². The Balaban J connectivity index is 0.000000114. The van der Waals surface area contributed by atoms with Crippen molar-refractivity contribution in [2.45, 2.75) is 52.6 Å². The molecule has 14 rings (SSSR count). The van der Waals surface area contributed by atoms with Crippen LogP contribution in [0.2, 0.25) is 0 Å². The van der Waals surface area contributed by atoms with Crippen LogP contribution >= 0.6 is 0 Å². The zero-order valence-electron chi connectivity index (χ0n) is 41.3. The van der Waals surface area contributed by atoms with Crippen molar-refractivity contribution in [2.24, 2.45) is 0 Å². The minimum Gasteiger partial charge on any atom is -0.484 e. The number of fused-ring (bicyclic) bond motifs is 14. The molecule has 3 aliphatic carbocycles. The molecule has 1 unspecified atom stereocenters. The van der Waals surface area contributed by atoms with Crippen LogP contribution in [0.5, 0.6) is 5.75 Å². The smallest absolute Gasteiger partial charge is 0.135 e. The lowest BCUT2D eigenvalue weighted by Crippen LogP contribution is -2.25. The molecule has 1 nitrogen and oxygen atoms in total. The van der Waals surface area contributed by atoms with Crippen LogP contribution in [0, 0.1) is 20.8 Å². The Hall–Kier alpha value is -8.26. The van der Waals surface area contributed by atoms with Gasteiger partial charge in [0.15, 0.2) is 0 Å². The predicted molar refractivity (Wildman–Crippen MR) is 301 cm³/mol. The molecule has 0 radical (unpaired) electrons. The third-order valence-electron chi connectivity index (χ3n) is 14.6. The van der Waals surface area contributed by atoms with Crippen LogP contribution in [0.3, 0.4) is 0 Å². The van der Waals surface area contributed by atoms with Gasteiger partial charge in [-0.25, -0.2) is 0 Å². The van der Waals surface area contributed by atoms with Crippen molar-refractivity contribution in [3.8, 4) is 61.4 Å². The van der Waals surface area contributed by atoms with Crippen LogP contribution in [-0.4, -0.2) is 6.10 Å². The SMILES string of the molecule is CC.Cc1ccc(-c2ccc(-c3cccc4ccccc34)cc2)cc1.Cc1ccc(-c2cccc3c2OC2CC=CC=C32)cc1.Cc1ccc2c(c1)C1(c3ccccc3-c3ccccc31)c1ccccc1-2. The number of aryl methyl sites for hydroxylation is 3. The predicted octanol–water partition coefficient (Wildman–Crippen LogP) is 18.6. The standard InChI is InChI=1S/C26H18.C23H18.C19H16O.C2H6/c1-17-14-15-21-20-10-4-7-13-24(20)26(25(21)16-17)22-11-5-2-8-18(22)19-9-3-6-12-23(19)26;1-17-9-11-18(12-10-17)19-13-15-21(16-14-19)23-8-4-6-20-5-2-3-7-22(20)23;1-13-9-11-14(12-10-13)15-6-4-7-17-16-5-2-3-8-18(16)20-19(15)17;1-2/h2-16H,1H3;2-16H,1H3;2-7,9-12,18H,8H2,1H3;1-2H3. The van der Waals surface area contributed by atoms with Crippen molar-refractivity contribution in [2.75, 3.05) is 0 Å². The molecule has 0 bridgehead atoms. The first-order chi connectivity index (χ1) is 35.0. The van der Waals surface area contributed by atoms with Gasteiger partial charge in [0.2, 0.25) is 0 Å². The highest BCUT2D eigenvalue weighted by Crippen LogP contribution is 2.62. The van der Waals surface area contributed by atoms with Gasteiger partial charge in [0.1, 0.15) is 11.9 Å². The van der Waals surface area contributed by atoms with Gasteiger partial charge in [-0.1, -0.05) is 273 Å². The number of hydrogen-bond acceptors (Lipinski definition) is 1. The third kappa shape index (κ3) is 8.02. The van der Waals surface area contributed by atoms with Crippen molar-refractivity contribution >= 4 is 16.3 Å². The molecule has 0 fully saturated rings. The van der Waals surface area contributed by atoms with E-state index < -0.39 is 0 Å². The second-order valence-electron chi connectivity index (χ2n) is 18.8. The number of benzene rings is 10. The highest BCUT2D eigenvalue weighted by Gasteiger charge is 2.51. The molecule has 0 N–H and O–H groups in total. The van der Waals surface area contributed by atoms with E-state index in [0.717, 1.165) is 12.2 Å². The van der Waals surface area contributed by atoms with Gasteiger partial charge in [-0.05, 0) is 104 Å². The molecule has 1 spiro atoms. The molecule has 10 aromatic rings. The van der Waals surface area contributed by atoms with Gasteiger partial charge in [0, 0.05) is 23.1 Å². The molecule has 71 heavy (non-hydrogen) atoms. The number of para-hydroxylation sites is 1. The molecule has 0 aromatic heterocycles. The summed E-state index contributed by atoms with van der Waals surface area (Å²) in [6.45, 7) is 10.4. The van der Waals surface area contributed by atoms with E-state index in [4.69, 9.17) is 4.74 Å². The zero-order chi connectivity index (χ0) is 48.5. The summed E-state index contributed by atoms with van der Waals surface area (Å²) in [4.78, 5) is 0. The molecule has 1 atom stereocenters. The van der Waals surface area contributed by atoms with E-state index >= 15 is 0 Å². The topological polar surface area (TPSA) is 9.23 Å². The molecule has 344 valence electrons. The van der Waals surface area contributed by atoms with Crippen molar-refractivity contribution in [1.29, 1.82) is 0 Å². The maximum atomic E-state index is 6.21. The maximum absolute atomic E-state index is 6.21. The second kappa shape index (κ2) is 19.3. The molecule has 0 amide bonds. The lowest BCUT2D eigenvalue weighted by molar-refractivity contribution is 0.280. The molecule has 0 saturated carbocycles. The van der Waals surface area contributed by atoms with Crippen molar-refractivity contribution in [1.82, 2.24) is 0 Å². The van der Waals surface area contributed by atoms with Crippen LogP contribution < -0.4 is 4.74 Å². The number of hydrogen-bond donors (Lipinski definition) is 0. The molecular formula is C70H58O. The van der Waals surface area contributed by atoms with Crippen LogP contribution in [0.25, 0.3) is 72.0 Å². The first kappa shape index (κ1) is 45.2. The molecule has 0 saturated heterocycles. The molecule has 10 aromatic carbocycles. The van der Waals surface area contributed by atoms with Crippen LogP contribution in [0.1, 0.15) is 64.8 Å². The van der Waals surface area contributed by atoms with Gasteiger partial charge in [-0.3, -0.25) is 0 Å². The highest BCUT2D eigenvalue weighted by atomic mass is 16.5. The normalized spacial score (nSPS) is 14.3. The van der Waals surface area contributed by atoms with E-state index in [9.17, 15) is 0 Å². The van der Waals surface area contributed by atoms with Gasteiger partial charge < -0.3 is 4.74 Å². The highest BCUT2D eigenvalue weighted by molar-refractivity contribution is 5.97. The van der Waals surface area contributed by atoms with E-state index in [1.807, 2.05) is 13.8 Å². The minimum atomic E-state index is -0.189. The number of allylic oxidation sites excluding steroid dienone is 2. The number of rotatable bonds is 3. The first-order valence-corrected chi connectivity index (χ1v) is 25.2. The monoisotopic (exact) mass is 914 g/mol. The Labute approximate surface area is 420 Å². The Kier molecular flexibility index (Phi) is 12.3. The quantitative estimate of drug-likeness (QED) is 0.172. The summed E-state index contributed by atoms with van der Waals surface area (Å²) in [5, 5.41) is 2.59. The molecule has 1 aliphatic heterocycles. The maximum Gasteiger partial charge on any atom is 0.135 e. The Bertz CT molecular complexity index is 3550. The average Bonchev–Trinajstić information content (AvgIpc) is 4.07. The van der Waals surface area contributed by atoms with Crippen molar-refractivity contribution in [3.63, 3.8) is 0 Å². The number of ether oxygens (including phenoxy) is 1. The van der Waals surface area contributed by atoms with Crippen molar-refractivity contribution in [3.05, 3.63) is 287 Å². The fourth-order valence-electron chi connectivity index (χ4n) is 11.3. The van der Waals surface area contributed by atoms with E-state index in [1.54, 1.807) is 0 Å². The van der Waals surface area contributed by atoms with Crippen molar-refractivity contribution < 1.29 is 4.74 Å². The fourth-order valence-corrected chi connectivity index (χ4v) is 11.3. The Morgan fingerprint density at radius 2 is 0.817 bits per heavy atom. The minimum absolute atomic E-state index is 0.189. The zero-order valence-corrected chi connectivity index (χ0v) is 41.3. The molecule has 4 aliphatic rings. The summed E-state index contributed by atoms with van der Waals surface area (Å²) >= 11 is 0. The Morgan fingerprint density at radius 3 is 1.45 bits per heavy atom. The Morgan fingerprint density at radius 1 is 0.380 bits per heavy atom. The van der Waals surface area contributed by atoms with Crippen LogP contribution in [0.4, 0.5) is 0 Å². The lowest BCUT2D eigenvalue weighted by Gasteiger charge is -2.30. The second-order valence-corrected chi connectivity index (χ2v) is 18.8. The van der Waals surface area contributed by atoms with Crippen LogP contribution in [-0.2, 0) is 5.41 Å². The first-order valence-electron chi connectivity index (χ1n) is 25.2. The summed E-state index contributed by atoms with van der Waals surface area (Å²) in [6, 6.07) is 81.4. The molecular weight excluding hydrogens is 857 g/mol. The van der Waals surface area contributed by atoms with Gasteiger partial charge in [0.25, 0.3) is 0 Å². The molecule has 1 heterocycles. The van der Waals surface area contributed by atoms with Gasteiger partial charge in [-0.2, -0.15) is 0 Å². The summed E-state index contributed by atoms with van der Waals surface area (Å²) in [7, 11) is 0. The molecule has 1 heteroatoms.